The Morgan fingerprint density at radius 2 is 1.96 bits per heavy atom. The van der Waals surface area contributed by atoms with E-state index in [0.717, 1.165) is 25.7 Å². The summed E-state index contributed by atoms with van der Waals surface area (Å²) < 4.78 is 44.8. The fourth-order valence-corrected chi connectivity index (χ4v) is 2.76. The molecule has 1 aliphatic rings. The van der Waals surface area contributed by atoms with Gasteiger partial charge >= 0.3 is 5.97 Å². The zero-order valence-electron chi connectivity index (χ0n) is 13.5. The number of halogens is 3. The third-order valence-corrected chi connectivity index (χ3v) is 4.08. The highest BCUT2D eigenvalue weighted by molar-refractivity contribution is 5.78. The molecule has 0 radical (unpaired) electrons. The molecule has 1 aromatic carbocycles. The minimum atomic E-state index is -1.59. The Labute approximate surface area is 138 Å². The highest BCUT2D eigenvalue weighted by Crippen LogP contribution is 2.25. The van der Waals surface area contributed by atoms with E-state index in [4.69, 9.17) is 4.74 Å². The summed E-state index contributed by atoms with van der Waals surface area (Å²) in [6.07, 6.45) is 1.29. The van der Waals surface area contributed by atoms with Crippen molar-refractivity contribution in [1.29, 1.82) is 0 Å². The number of ether oxygens (including phenoxy) is 1. The fraction of sp³-hybridized carbons (Fsp3) is 0.500. The average Bonchev–Trinajstić information content (AvgIpc) is 2.95. The maximum atomic E-state index is 13.5. The Kier molecular flexibility index (Phi) is 5.82. The molecule has 5 nitrogen and oxygen atoms in total. The van der Waals surface area contributed by atoms with Crippen molar-refractivity contribution in [2.45, 2.75) is 18.9 Å². The summed E-state index contributed by atoms with van der Waals surface area (Å²) in [5.74, 6) is -5.02. The molecule has 0 aromatic heterocycles. The number of benzene rings is 1. The van der Waals surface area contributed by atoms with Crippen molar-refractivity contribution in [3.05, 3.63) is 35.1 Å². The number of hydrogen-bond acceptors (Lipinski definition) is 4. The van der Waals surface area contributed by atoms with Crippen molar-refractivity contribution in [2.75, 3.05) is 33.8 Å². The van der Waals surface area contributed by atoms with Crippen molar-refractivity contribution in [2.24, 2.45) is 0 Å². The number of likely N-dealkylation sites (tertiary alicyclic amines) is 1. The van der Waals surface area contributed by atoms with Gasteiger partial charge in [0.1, 0.15) is 6.04 Å². The number of amides is 1. The van der Waals surface area contributed by atoms with E-state index in [0.29, 0.717) is 26.1 Å². The van der Waals surface area contributed by atoms with Gasteiger partial charge in [0.15, 0.2) is 17.5 Å². The first-order valence-corrected chi connectivity index (χ1v) is 7.55. The number of methoxy groups -OCH3 is 1. The lowest BCUT2D eigenvalue weighted by Gasteiger charge is -2.28. The second-order valence-corrected chi connectivity index (χ2v) is 5.69. The predicted octanol–water partition coefficient (Wildman–Crippen LogP) is 1.87. The van der Waals surface area contributed by atoms with Gasteiger partial charge in [-0.1, -0.05) is 0 Å². The Morgan fingerprint density at radius 3 is 2.46 bits per heavy atom. The van der Waals surface area contributed by atoms with Gasteiger partial charge in [0.05, 0.1) is 7.11 Å². The SMILES string of the molecule is COC(=O)[C@@H](c1cc(F)c(F)c(F)c1)N(C)CCN1CCCC1=O. The number of carbonyl (C=O) groups is 2. The number of nitrogens with zero attached hydrogens (tertiary/aromatic N) is 2. The third kappa shape index (κ3) is 3.87. The maximum Gasteiger partial charge on any atom is 0.327 e. The summed E-state index contributed by atoms with van der Waals surface area (Å²) in [5.41, 5.74) is -0.0477. The first kappa shape index (κ1) is 18.3. The van der Waals surface area contributed by atoms with Crippen LogP contribution in [0.4, 0.5) is 13.2 Å². The third-order valence-electron chi connectivity index (χ3n) is 4.08. The molecule has 24 heavy (non-hydrogen) atoms. The van der Waals surface area contributed by atoms with Crippen molar-refractivity contribution in [3.63, 3.8) is 0 Å². The molecule has 1 fully saturated rings. The molecular weight excluding hydrogens is 325 g/mol. The van der Waals surface area contributed by atoms with Gasteiger partial charge in [0.25, 0.3) is 0 Å². The van der Waals surface area contributed by atoms with Gasteiger partial charge in [-0.05, 0) is 31.2 Å². The van der Waals surface area contributed by atoms with Gasteiger partial charge in [-0.3, -0.25) is 9.69 Å². The first-order chi connectivity index (χ1) is 11.3. The fourth-order valence-electron chi connectivity index (χ4n) is 2.76. The van der Waals surface area contributed by atoms with Crippen molar-refractivity contribution in [3.8, 4) is 0 Å². The monoisotopic (exact) mass is 344 g/mol. The molecule has 1 aliphatic heterocycles. The van der Waals surface area contributed by atoms with E-state index < -0.39 is 29.5 Å². The summed E-state index contributed by atoms with van der Waals surface area (Å²) in [6, 6.07) is 0.451. The van der Waals surface area contributed by atoms with Crippen LogP contribution in [0.2, 0.25) is 0 Å². The zero-order valence-corrected chi connectivity index (χ0v) is 13.5. The summed E-state index contributed by atoms with van der Waals surface area (Å²) in [6.45, 7) is 1.33. The molecule has 0 unspecified atom stereocenters. The van der Waals surface area contributed by atoms with Crippen LogP contribution in [0.25, 0.3) is 0 Å². The smallest absolute Gasteiger partial charge is 0.327 e. The van der Waals surface area contributed by atoms with Crippen LogP contribution in [0, 0.1) is 17.5 Å². The Bertz CT molecular complexity index is 616. The van der Waals surface area contributed by atoms with Crippen LogP contribution in [0.5, 0.6) is 0 Å². The lowest BCUT2D eigenvalue weighted by Crippen LogP contribution is -2.38. The van der Waals surface area contributed by atoms with E-state index in [1.165, 1.54) is 4.90 Å². The number of carbonyl (C=O) groups excluding carboxylic acids is 2. The van der Waals surface area contributed by atoms with Gasteiger partial charge in [0.2, 0.25) is 5.91 Å². The number of rotatable bonds is 6. The standard InChI is InChI=1S/C16H19F3N2O3/c1-20(6-7-21-5-3-4-13(21)22)15(16(23)24-2)10-8-11(17)14(19)12(18)9-10/h8-9,15H,3-7H2,1-2H3/t15-/m1/s1. The van der Waals surface area contributed by atoms with Crippen molar-refractivity contribution >= 4 is 11.9 Å². The van der Waals surface area contributed by atoms with E-state index in [1.807, 2.05) is 0 Å². The topological polar surface area (TPSA) is 49.9 Å². The molecule has 0 aliphatic carbocycles. The van der Waals surface area contributed by atoms with Crippen LogP contribution in [0.3, 0.4) is 0 Å². The highest BCUT2D eigenvalue weighted by Gasteiger charge is 2.29. The number of hydrogen-bond donors (Lipinski definition) is 0. The van der Waals surface area contributed by atoms with Crippen LogP contribution in [0.1, 0.15) is 24.4 Å². The molecule has 2 rings (SSSR count). The molecule has 1 atom stereocenters. The molecule has 132 valence electrons. The summed E-state index contributed by atoms with van der Waals surface area (Å²) in [5, 5.41) is 0. The molecule has 1 heterocycles. The molecule has 0 saturated carbocycles. The van der Waals surface area contributed by atoms with Crippen LogP contribution < -0.4 is 0 Å². The number of esters is 1. The molecular formula is C16H19F3N2O3. The Morgan fingerprint density at radius 1 is 1.33 bits per heavy atom. The van der Waals surface area contributed by atoms with Gasteiger partial charge in [0, 0.05) is 26.1 Å². The average molecular weight is 344 g/mol. The zero-order chi connectivity index (χ0) is 17.9. The lowest BCUT2D eigenvalue weighted by molar-refractivity contribution is -0.146. The van der Waals surface area contributed by atoms with Gasteiger partial charge < -0.3 is 9.64 Å². The second kappa shape index (κ2) is 7.65. The molecule has 0 spiro atoms. The minimum absolute atomic E-state index is 0.0388. The Balaban J connectivity index is 2.18. The van der Waals surface area contributed by atoms with Crippen LogP contribution in [0.15, 0.2) is 12.1 Å². The van der Waals surface area contributed by atoms with Crippen molar-refractivity contribution < 1.29 is 27.5 Å². The highest BCUT2D eigenvalue weighted by atomic mass is 19.2. The van der Waals surface area contributed by atoms with E-state index in [9.17, 15) is 22.8 Å². The van der Waals surface area contributed by atoms with Crippen LogP contribution >= 0.6 is 0 Å². The Hall–Kier alpha value is -2.09. The summed E-state index contributed by atoms with van der Waals surface area (Å²) in [7, 11) is 2.73. The summed E-state index contributed by atoms with van der Waals surface area (Å²) >= 11 is 0. The normalized spacial score (nSPS) is 15.9. The van der Waals surface area contributed by atoms with E-state index >= 15 is 0 Å². The van der Waals surface area contributed by atoms with Crippen molar-refractivity contribution in [1.82, 2.24) is 9.80 Å². The molecule has 0 bridgehead atoms. The molecule has 1 aromatic rings. The molecule has 1 amide bonds. The number of likely N-dealkylation sites (N-methyl/N-ethyl adjacent to an activating group) is 1. The minimum Gasteiger partial charge on any atom is -0.468 e. The summed E-state index contributed by atoms with van der Waals surface area (Å²) in [4.78, 5) is 26.8. The second-order valence-electron chi connectivity index (χ2n) is 5.69. The molecule has 1 saturated heterocycles. The van der Waals surface area contributed by atoms with E-state index in [2.05, 4.69) is 0 Å². The van der Waals surface area contributed by atoms with Gasteiger partial charge in [-0.2, -0.15) is 0 Å². The van der Waals surface area contributed by atoms with Gasteiger partial charge in [-0.15, -0.1) is 0 Å². The quantitative estimate of drug-likeness (QED) is 0.584. The molecule has 0 N–H and O–H groups in total. The van der Waals surface area contributed by atoms with Crippen LogP contribution in [-0.4, -0.2) is 55.5 Å². The van der Waals surface area contributed by atoms with Gasteiger partial charge in [-0.25, -0.2) is 18.0 Å². The largest absolute Gasteiger partial charge is 0.468 e. The first-order valence-electron chi connectivity index (χ1n) is 7.55. The van der Waals surface area contributed by atoms with E-state index in [-0.39, 0.29) is 11.5 Å². The lowest BCUT2D eigenvalue weighted by atomic mass is 10.0. The van der Waals surface area contributed by atoms with Crippen LogP contribution in [-0.2, 0) is 14.3 Å². The maximum absolute atomic E-state index is 13.5. The predicted molar refractivity (Wildman–Crippen MR) is 79.5 cm³/mol. The van der Waals surface area contributed by atoms with E-state index in [1.54, 1.807) is 11.9 Å². The molecule has 8 heteroatoms.